The van der Waals surface area contributed by atoms with Crippen molar-refractivity contribution in [3.8, 4) is 0 Å². The molecule has 0 unspecified atom stereocenters. The fraction of sp³-hybridized carbons (Fsp3) is 0.500. The molecule has 2 aromatic rings. The molecule has 2 fully saturated rings. The molecule has 6 nitrogen and oxygen atoms in total. The Balaban J connectivity index is 0.00000324. The Morgan fingerprint density at radius 1 is 1.09 bits per heavy atom. The Morgan fingerprint density at radius 3 is 2.50 bits per heavy atom. The van der Waals surface area contributed by atoms with Crippen LogP contribution >= 0.6 is 23.2 Å². The van der Waals surface area contributed by atoms with E-state index in [-0.39, 0.29) is 24.7 Å². The first-order valence-electron chi connectivity index (χ1n) is 11.6. The fourth-order valence-electron chi connectivity index (χ4n) is 4.90. The molecule has 4 rings (SSSR count). The van der Waals surface area contributed by atoms with Gasteiger partial charge in [-0.2, -0.15) is 0 Å². The number of hydrogen-bond donors (Lipinski definition) is 0. The first-order valence-corrected chi connectivity index (χ1v) is 12.3. The van der Waals surface area contributed by atoms with Crippen molar-refractivity contribution in [1.82, 2.24) is 14.8 Å². The molecule has 2 saturated heterocycles. The summed E-state index contributed by atoms with van der Waals surface area (Å²) in [7, 11) is 0. The van der Waals surface area contributed by atoms with Crippen molar-refractivity contribution in [2.45, 2.75) is 45.4 Å². The number of carbonyl (C=O) groups is 2. The average molecular weight is 505 g/mol. The zero-order valence-electron chi connectivity index (χ0n) is 19.0. The number of piperidine rings is 1. The van der Waals surface area contributed by atoms with Crippen LogP contribution in [0, 0.1) is 0 Å². The summed E-state index contributed by atoms with van der Waals surface area (Å²) in [4.78, 5) is 35.5. The Morgan fingerprint density at radius 2 is 1.85 bits per heavy atom. The van der Waals surface area contributed by atoms with Gasteiger partial charge in [-0.05, 0) is 49.2 Å². The van der Waals surface area contributed by atoms with E-state index in [9.17, 15) is 9.59 Å². The normalized spacial score (nSPS) is 21.3. The van der Waals surface area contributed by atoms with Gasteiger partial charge in [-0.3, -0.25) is 19.4 Å². The zero-order valence-corrected chi connectivity index (χ0v) is 20.5. The summed E-state index contributed by atoms with van der Waals surface area (Å²) in [5.74, 6) is 0.994. The third-order valence-electron chi connectivity index (χ3n) is 6.97. The number of aromatic nitrogens is 1. The van der Waals surface area contributed by atoms with Crippen LogP contribution in [0.15, 0.2) is 42.6 Å². The molecule has 0 bridgehead atoms. The van der Waals surface area contributed by atoms with E-state index in [4.69, 9.17) is 23.2 Å². The van der Waals surface area contributed by atoms with Crippen LogP contribution in [0.3, 0.4) is 0 Å². The molecule has 0 saturated carbocycles. The fourth-order valence-corrected chi connectivity index (χ4v) is 5.20. The van der Waals surface area contributed by atoms with Crippen molar-refractivity contribution in [3.63, 3.8) is 0 Å². The first-order chi connectivity index (χ1) is 15.9. The smallest absolute Gasteiger partial charge is 0.228 e. The van der Waals surface area contributed by atoms with Crippen molar-refractivity contribution >= 4 is 40.8 Å². The van der Waals surface area contributed by atoms with Crippen molar-refractivity contribution in [2.24, 2.45) is 0 Å². The highest BCUT2D eigenvalue weighted by atomic mass is 35.5. The molecular formula is C26H34Cl2N4O2. The van der Waals surface area contributed by atoms with Gasteiger partial charge in [-0.15, -0.1) is 0 Å². The molecule has 8 heteroatoms. The molecule has 2 aliphatic rings. The summed E-state index contributed by atoms with van der Waals surface area (Å²) >= 11 is 12.6. The van der Waals surface area contributed by atoms with Gasteiger partial charge >= 0.3 is 0 Å². The van der Waals surface area contributed by atoms with Crippen LogP contribution < -0.4 is 4.90 Å². The van der Waals surface area contributed by atoms with E-state index in [1.807, 2.05) is 53.1 Å². The van der Waals surface area contributed by atoms with Crippen molar-refractivity contribution < 1.29 is 9.59 Å². The van der Waals surface area contributed by atoms with Gasteiger partial charge in [0.1, 0.15) is 5.82 Å². The molecule has 34 heavy (non-hydrogen) atoms. The second kappa shape index (κ2) is 11.5. The second-order valence-electron chi connectivity index (χ2n) is 8.90. The third kappa shape index (κ3) is 5.73. The summed E-state index contributed by atoms with van der Waals surface area (Å²) in [6.45, 7) is 6.62. The van der Waals surface area contributed by atoms with Gasteiger partial charge in [0.2, 0.25) is 11.8 Å². The lowest BCUT2D eigenvalue weighted by atomic mass is 9.71. The molecular weight excluding hydrogens is 471 g/mol. The zero-order chi connectivity index (χ0) is 23.4. The highest BCUT2D eigenvalue weighted by Crippen LogP contribution is 2.41. The number of carbonyl (C=O) groups excluding carboxylic acids is 2. The number of benzene rings is 1. The number of piperazine rings is 1. The third-order valence-corrected chi connectivity index (χ3v) is 7.71. The minimum Gasteiger partial charge on any atom is -0.340 e. The number of anilines is 1. The molecule has 0 radical (unpaired) electrons. The van der Waals surface area contributed by atoms with E-state index in [1.54, 1.807) is 6.20 Å². The van der Waals surface area contributed by atoms with Gasteiger partial charge < -0.3 is 4.90 Å². The van der Waals surface area contributed by atoms with E-state index < -0.39 is 0 Å². The maximum Gasteiger partial charge on any atom is 0.228 e. The van der Waals surface area contributed by atoms with Gasteiger partial charge in [0.05, 0.1) is 10.0 Å². The predicted octanol–water partition coefficient (Wildman–Crippen LogP) is 5.03. The Bertz CT molecular complexity index is 996. The first kappa shape index (κ1) is 26.5. The number of nitrogens with zero attached hydrogens (tertiary/aromatic N) is 4. The summed E-state index contributed by atoms with van der Waals surface area (Å²) < 4.78 is 0. The van der Waals surface area contributed by atoms with Gasteiger partial charge in [0, 0.05) is 57.2 Å². The summed E-state index contributed by atoms with van der Waals surface area (Å²) in [6.07, 6.45) is 4.35. The van der Waals surface area contributed by atoms with E-state index in [0.29, 0.717) is 35.2 Å². The molecule has 1 aromatic carbocycles. The van der Waals surface area contributed by atoms with Crippen LogP contribution in [0.25, 0.3) is 0 Å². The number of amides is 2. The number of rotatable bonds is 6. The minimum atomic E-state index is -0.254. The van der Waals surface area contributed by atoms with Gasteiger partial charge in [-0.1, -0.05) is 49.7 Å². The molecule has 2 amide bonds. The summed E-state index contributed by atoms with van der Waals surface area (Å²) in [5, 5.41) is 1.06. The molecule has 2 aliphatic heterocycles. The number of halogens is 2. The quantitative estimate of drug-likeness (QED) is 0.553. The highest BCUT2D eigenvalue weighted by Gasteiger charge is 2.41. The van der Waals surface area contributed by atoms with E-state index in [2.05, 4.69) is 9.88 Å². The maximum atomic E-state index is 12.9. The van der Waals surface area contributed by atoms with Crippen LogP contribution in [0.5, 0.6) is 0 Å². The van der Waals surface area contributed by atoms with Crippen LogP contribution in [-0.4, -0.2) is 65.9 Å². The highest BCUT2D eigenvalue weighted by molar-refractivity contribution is 6.42. The molecule has 1 aromatic heterocycles. The number of pyridine rings is 1. The number of hydrogen-bond acceptors (Lipinski definition) is 4. The summed E-state index contributed by atoms with van der Waals surface area (Å²) in [6, 6.07) is 11.5. The van der Waals surface area contributed by atoms with E-state index in [0.717, 1.165) is 51.1 Å². The predicted molar refractivity (Wildman–Crippen MR) is 139 cm³/mol. The topological polar surface area (TPSA) is 56.8 Å². The molecule has 3 heterocycles. The van der Waals surface area contributed by atoms with Crippen molar-refractivity contribution in [1.29, 1.82) is 0 Å². The van der Waals surface area contributed by atoms with E-state index in [1.165, 1.54) is 0 Å². The van der Waals surface area contributed by atoms with Gasteiger partial charge in [-0.25, -0.2) is 4.98 Å². The largest absolute Gasteiger partial charge is 0.340 e. The Hall–Kier alpha value is -2.15. The maximum absolute atomic E-state index is 12.9. The van der Waals surface area contributed by atoms with Crippen LogP contribution in [-0.2, 0) is 15.0 Å². The van der Waals surface area contributed by atoms with Crippen molar-refractivity contribution in [2.75, 3.05) is 44.2 Å². The molecule has 0 N–H and O–H groups in total. The van der Waals surface area contributed by atoms with Gasteiger partial charge in [0.25, 0.3) is 0 Å². The lowest BCUT2D eigenvalue weighted by Crippen LogP contribution is -2.52. The van der Waals surface area contributed by atoms with Crippen molar-refractivity contribution in [3.05, 3.63) is 58.2 Å². The van der Waals surface area contributed by atoms with E-state index >= 15 is 0 Å². The molecule has 0 aliphatic carbocycles. The van der Waals surface area contributed by atoms with Crippen LogP contribution in [0.2, 0.25) is 10.0 Å². The minimum absolute atomic E-state index is 0. The van der Waals surface area contributed by atoms with Gasteiger partial charge in [0.15, 0.2) is 0 Å². The van der Waals surface area contributed by atoms with Crippen LogP contribution in [0.1, 0.15) is 45.6 Å². The Labute approximate surface area is 212 Å². The standard InChI is InChI=1S/C25H30Cl2N4O2.CH4/c1-2-23(32)30-15-13-29(14-16-30)12-10-25(19-6-7-20(26)21(27)17-19)9-8-24(33)31(18-25)22-5-3-4-11-28-22;/h3-7,11,17H,2,8-10,12-16,18H2,1H3;1H4/t25-;/m1./s1. The lowest BCUT2D eigenvalue weighted by Gasteiger charge is -2.44. The van der Waals surface area contributed by atoms with Crippen LogP contribution in [0.4, 0.5) is 5.82 Å². The lowest BCUT2D eigenvalue weighted by molar-refractivity contribution is -0.132. The summed E-state index contributed by atoms with van der Waals surface area (Å²) in [5.41, 5.74) is 0.848. The Kier molecular flexibility index (Phi) is 8.96. The molecule has 184 valence electrons. The SMILES string of the molecule is C.CCC(=O)N1CCN(CC[C@]2(c3ccc(Cl)c(Cl)c3)CCC(=O)N(c3ccccn3)C2)CC1. The molecule has 0 spiro atoms. The average Bonchev–Trinajstić information content (AvgIpc) is 2.86. The molecule has 1 atom stereocenters. The monoisotopic (exact) mass is 504 g/mol. The second-order valence-corrected chi connectivity index (χ2v) is 9.72.